The largest absolute Gasteiger partial charge is 0.488 e. The molecular formula is C19H20ClNO2. The zero-order valence-corrected chi connectivity index (χ0v) is 13.8. The van der Waals surface area contributed by atoms with Crippen LogP contribution in [0.1, 0.15) is 35.2 Å². The molecule has 2 aromatic carbocycles. The van der Waals surface area contributed by atoms with E-state index < -0.39 is 0 Å². The molecule has 1 heterocycles. The standard InChI is InChI=1S/C19H20ClNO2/c20-16-10-8-15(9-11-16)14-23-18-7-3-2-6-17(18)19(22)21-12-4-1-5-13-21/h2-3,6-11H,1,4-5,12-14H2. The Hall–Kier alpha value is -2.00. The Morgan fingerprint density at radius 3 is 2.43 bits per heavy atom. The van der Waals surface area contributed by atoms with Crippen LogP contribution in [-0.4, -0.2) is 23.9 Å². The molecule has 0 saturated carbocycles. The smallest absolute Gasteiger partial charge is 0.257 e. The third kappa shape index (κ3) is 4.05. The number of benzene rings is 2. The van der Waals surface area contributed by atoms with Crippen molar-refractivity contribution >= 4 is 17.5 Å². The maximum Gasteiger partial charge on any atom is 0.257 e. The van der Waals surface area contributed by atoms with E-state index in [9.17, 15) is 4.79 Å². The van der Waals surface area contributed by atoms with Crippen LogP contribution in [0.5, 0.6) is 5.75 Å². The van der Waals surface area contributed by atoms with Crippen LogP contribution in [0.25, 0.3) is 0 Å². The zero-order chi connectivity index (χ0) is 16.1. The van der Waals surface area contributed by atoms with Gasteiger partial charge >= 0.3 is 0 Å². The van der Waals surface area contributed by atoms with Crippen molar-refractivity contribution in [2.45, 2.75) is 25.9 Å². The van der Waals surface area contributed by atoms with Crippen LogP contribution in [0.4, 0.5) is 0 Å². The summed E-state index contributed by atoms with van der Waals surface area (Å²) >= 11 is 5.89. The molecule has 1 aliphatic rings. The topological polar surface area (TPSA) is 29.5 Å². The molecule has 1 fully saturated rings. The van der Waals surface area contributed by atoms with Gasteiger partial charge in [-0.05, 0) is 49.1 Å². The molecule has 3 rings (SSSR count). The van der Waals surface area contributed by atoms with E-state index in [1.165, 1.54) is 6.42 Å². The first-order chi connectivity index (χ1) is 11.2. The van der Waals surface area contributed by atoms with E-state index in [0.29, 0.717) is 22.9 Å². The molecule has 4 heteroatoms. The summed E-state index contributed by atoms with van der Waals surface area (Å²) in [7, 11) is 0. The van der Waals surface area contributed by atoms with Crippen LogP contribution < -0.4 is 4.74 Å². The normalized spacial score (nSPS) is 14.6. The summed E-state index contributed by atoms with van der Waals surface area (Å²) in [4.78, 5) is 14.6. The van der Waals surface area contributed by atoms with Crippen molar-refractivity contribution in [1.82, 2.24) is 4.90 Å². The number of ether oxygens (including phenoxy) is 1. The molecule has 2 aromatic rings. The molecule has 1 aliphatic heterocycles. The first-order valence-corrected chi connectivity index (χ1v) is 8.37. The van der Waals surface area contributed by atoms with Crippen LogP contribution in [0, 0.1) is 0 Å². The van der Waals surface area contributed by atoms with Gasteiger partial charge in [-0.15, -0.1) is 0 Å². The summed E-state index contributed by atoms with van der Waals surface area (Å²) in [6.45, 7) is 2.09. The molecule has 1 amide bonds. The maximum absolute atomic E-state index is 12.7. The molecule has 0 unspecified atom stereocenters. The lowest BCUT2D eigenvalue weighted by Gasteiger charge is -2.27. The number of piperidine rings is 1. The third-order valence-corrected chi connectivity index (χ3v) is 4.32. The van der Waals surface area contributed by atoms with E-state index in [4.69, 9.17) is 16.3 Å². The minimum atomic E-state index is 0.0661. The van der Waals surface area contributed by atoms with Crippen molar-refractivity contribution in [2.75, 3.05) is 13.1 Å². The Morgan fingerprint density at radius 1 is 1.00 bits per heavy atom. The molecule has 0 N–H and O–H groups in total. The summed E-state index contributed by atoms with van der Waals surface area (Å²) in [5.41, 5.74) is 1.66. The van der Waals surface area contributed by atoms with Gasteiger partial charge in [0.15, 0.2) is 0 Å². The van der Waals surface area contributed by atoms with Crippen LogP contribution in [-0.2, 0) is 6.61 Å². The summed E-state index contributed by atoms with van der Waals surface area (Å²) < 4.78 is 5.88. The number of likely N-dealkylation sites (tertiary alicyclic amines) is 1. The Kier molecular flexibility index (Phi) is 5.19. The van der Waals surface area contributed by atoms with Gasteiger partial charge in [0.05, 0.1) is 5.56 Å². The Balaban J connectivity index is 1.72. The molecule has 23 heavy (non-hydrogen) atoms. The number of halogens is 1. The predicted octanol–water partition coefficient (Wildman–Crippen LogP) is 4.55. The fraction of sp³-hybridized carbons (Fsp3) is 0.316. The highest BCUT2D eigenvalue weighted by Crippen LogP contribution is 2.23. The van der Waals surface area contributed by atoms with E-state index in [1.807, 2.05) is 53.4 Å². The summed E-state index contributed by atoms with van der Waals surface area (Å²) in [6.07, 6.45) is 3.37. The maximum atomic E-state index is 12.7. The first-order valence-electron chi connectivity index (χ1n) is 7.99. The van der Waals surface area contributed by atoms with Gasteiger partial charge in [-0.1, -0.05) is 35.9 Å². The second-order valence-electron chi connectivity index (χ2n) is 5.76. The van der Waals surface area contributed by atoms with Crippen molar-refractivity contribution in [2.24, 2.45) is 0 Å². The minimum Gasteiger partial charge on any atom is -0.488 e. The van der Waals surface area contributed by atoms with E-state index >= 15 is 0 Å². The quantitative estimate of drug-likeness (QED) is 0.823. The molecule has 1 saturated heterocycles. The summed E-state index contributed by atoms with van der Waals surface area (Å²) in [5.74, 6) is 0.703. The number of para-hydroxylation sites is 1. The average molecular weight is 330 g/mol. The number of nitrogens with zero attached hydrogens (tertiary/aromatic N) is 1. The SMILES string of the molecule is O=C(c1ccccc1OCc1ccc(Cl)cc1)N1CCCCC1. The molecular weight excluding hydrogens is 310 g/mol. The number of rotatable bonds is 4. The number of amides is 1. The van der Waals surface area contributed by atoms with Gasteiger partial charge in [-0.3, -0.25) is 4.79 Å². The van der Waals surface area contributed by atoms with Crippen molar-refractivity contribution < 1.29 is 9.53 Å². The lowest BCUT2D eigenvalue weighted by atomic mass is 10.1. The zero-order valence-electron chi connectivity index (χ0n) is 13.0. The molecule has 0 spiro atoms. The molecule has 0 atom stereocenters. The monoisotopic (exact) mass is 329 g/mol. The summed E-state index contributed by atoms with van der Waals surface area (Å²) in [5, 5.41) is 0.703. The van der Waals surface area contributed by atoms with Crippen LogP contribution in [0.2, 0.25) is 5.02 Å². The number of hydrogen-bond donors (Lipinski definition) is 0. The van der Waals surface area contributed by atoms with E-state index in [0.717, 1.165) is 31.5 Å². The highest BCUT2D eigenvalue weighted by Gasteiger charge is 2.21. The molecule has 3 nitrogen and oxygen atoms in total. The Labute approximate surface area is 141 Å². The summed E-state index contributed by atoms with van der Waals surface area (Å²) in [6, 6.07) is 15.0. The average Bonchev–Trinajstić information content (AvgIpc) is 2.62. The van der Waals surface area contributed by atoms with Crippen molar-refractivity contribution in [3.63, 3.8) is 0 Å². The van der Waals surface area contributed by atoms with Gasteiger partial charge in [0.25, 0.3) is 5.91 Å². The van der Waals surface area contributed by atoms with Gasteiger partial charge in [0.2, 0.25) is 0 Å². The number of hydrogen-bond acceptors (Lipinski definition) is 2. The molecule has 120 valence electrons. The number of carbonyl (C=O) groups is 1. The van der Waals surface area contributed by atoms with E-state index in [2.05, 4.69) is 0 Å². The van der Waals surface area contributed by atoms with Gasteiger partial charge in [-0.25, -0.2) is 0 Å². The van der Waals surface area contributed by atoms with Crippen LogP contribution in [0.15, 0.2) is 48.5 Å². The molecule has 0 aliphatic carbocycles. The molecule has 0 bridgehead atoms. The Morgan fingerprint density at radius 2 is 1.70 bits per heavy atom. The lowest BCUT2D eigenvalue weighted by Crippen LogP contribution is -2.35. The Bertz CT molecular complexity index is 663. The molecule has 0 radical (unpaired) electrons. The highest BCUT2D eigenvalue weighted by atomic mass is 35.5. The fourth-order valence-corrected chi connectivity index (χ4v) is 2.90. The van der Waals surface area contributed by atoms with Crippen LogP contribution in [0.3, 0.4) is 0 Å². The predicted molar refractivity (Wildman–Crippen MR) is 92.0 cm³/mol. The number of carbonyl (C=O) groups excluding carboxylic acids is 1. The van der Waals surface area contributed by atoms with Gasteiger partial charge < -0.3 is 9.64 Å². The fourth-order valence-electron chi connectivity index (χ4n) is 2.78. The van der Waals surface area contributed by atoms with E-state index in [1.54, 1.807) is 0 Å². The van der Waals surface area contributed by atoms with E-state index in [-0.39, 0.29) is 5.91 Å². The van der Waals surface area contributed by atoms with Crippen molar-refractivity contribution in [1.29, 1.82) is 0 Å². The first kappa shape index (κ1) is 15.9. The third-order valence-electron chi connectivity index (χ3n) is 4.07. The second kappa shape index (κ2) is 7.51. The minimum absolute atomic E-state index is 0.0661. The second-order valence-corrected chi connectivity index (χ2v) is 6.20. The van der Waals surface area contributed by atoms with Crippen molar-refractivity contribution in [3.05, 3.63) is 64.7 Å². The van der Waals surface area contributed by atoms with Crippen LogP contribution >= 0.6 is 11.6 Å². The highest BCUT2D eigenvalue weighted by molar-refractivity contribution is 6.30. The lowest BCUT2D eigenvalue weighted by molar-refractivity contribution is 0.0719. The molecule has 0 aromatic heterocycles. The van der Waals surface area contributed by atoms with Gasteiger partial charge in [-0.2, -0.15) is 0 Å². The van der Waals surface area contributed by atoms with Crippen molar-refractivity contribution in [3.8, 4) is 5.75 Å². The van der Waals surface area contributed by atoms with Gasteiger partial charge in [0.1, 0.15) is 12.4 Å². The van der Waals surface area contributed by atoms with Gasteiger partial charge in [0, 0.05) is 18.1 Å².